The van der Waals surface area contributed by atoms with Gasteiger partial charge in [-0.15, -0.1) is 0 Å². The van der Waals surface area contributed by atoms with E-state index in [9.17, 15) is 0 Å². The van der Waals surface area contributed by atoms with Gasteiger partial charge in [-0.1, -0.05) is 33.8 Å². The van der Waals surface area contributed by atoms with Gasteiger partial charge in [0.15, 0.2) is 0 Å². The van der Waals surface area contributed by atoms with Gasteiger partial charge in [0.25, 0.3) is 0 Å². The number of aryl methyl sites for hydroxylation is 1. The predicted molar refractivity (Wildman–Crippen MR) is 73.4 cm³/mol. The Morgan fingerprint density at radius 1 is 1.35 bits per heavy atom. The van der Waals surface area contributed by atoms with Gasteiger partial charge in [0.05, 0.1) is 0 Å². The molecule has 1 saturated carbocycles. The van der Waals surface area contributed by atoms with Crippen LogP contribution in [0.25, 0.3) is 0 Å². The molecule has 2 rings (SSSR count). The molecule has 1 unspecified atom stereocenters. The largest absolute Gasteiger partial charge is 0.261 e. The van der Waals surface area contributed by atoms with Gasteiger partial charge in [-0.3, -0.25) is 4.98 Å². The number of nitrogens with zero attached hydrogens (tertiary/aromatic N) is 1. The quantitative estimate of drug-likeness (QED) is 0.741. The van der Waals surface area contributed by atoms with E-state index in [2.05, 4.69) is 51.9 Å². The molecule has 0 aromatic carbocycles. The summed E-state index contributed by atoms with van der Waals surface area (Å²) in [5.41, 5.74) is 4.31. The summed E-state index contributed by atoms with van der Waals surface area (Å²) in [7, 11) is 0. The maximum atomic E-state index is 4.62. The van der Waals surface area contributed by atoms with Crippen LogP contribution >= 0.6 is 0 Å². The molecule has 0 radical (unpaired) electrons. The van der Waals surface area contributed by atoms with Gasteiger partial charge in [0.2, 0.25) is 0 Å². The van der Waals surface area contributed by atoms with Gasteiger partial charge in [0, 0.05) is 11.9 Å². The van der Waals surface area contributed by atoms with Crippen LogP contribution in [0, 0.1) is 12.8 Å². The predicted octanol–water partition coefficient (Wildman–Crippen LogP) is 4.59. The Kier molecular flexibility index (Phi) is 3.29. The van der Waals surface area contributed by atoms with Crippen LogP contribution in [0.4, 0.5) is 0 Å². The lowest BCUT2D eigenvalue weighted by Gasteiger charge is -2.23. The van der Waals surface area contributed by atoms with Crippen LogP contribution in [0.2, 0.25) is 0 Å². The number of aromatic nitrogens is 1. The topological polar surface area (TPSA) is 12.9 Å². The first-order valence-corrected chi connectivity index (χ1v) is 6.90. The van der Waals surface area contributed by atoms with Crippen LogP contribution < -0.4 is 0 Å². The molecular formula is C16H25N. The van der Waals surface area contributed by atoms with Crippen molar-refractivity contribution in [3.63, 3.8) is 0 Å². The molecule has 17 heavy (non-hydrogen) atoms. The molecule has 0 aliphatic heterocycles. The normalized spacial score (nSPS) is 18.2. The van der Waals surface area contributed by atoms with Crippen LogP contribution in [0.15, 0.2) is 12.3 Å². The highest BCUT2D eigenvalue weighted by atomic mass is 14.7. The molecule has 94 valence electrons. The van der Waals surface area contributed by atoms with Crippen molar-refractivity contribution in [3.8, 4) is 0 Å². The van der Waals surface area contributed by atoms with Crippen molar-refractivity contribution in [2.45, 2.75) is 65.2 Å². The Morgan fingerprint density at radius 2 is 2.00 bits per heavy atom. The van der Waals surface area contributed by atoms with E-state index >= 15 is 0 Å². The van der Waals surface area contributed by atoms with Gasteiger partial charge >= 0.3 is 0 Å². The van der Waals surface area contributed by atoms with Crippen molar-refractivity contribution in [2.75, 3.05) is 0 Å². The number of pyridine rings is 1. The van der Waals surface area contributed by atoms with Gasteiger partial charge in [0.1, 0.15) is 0 Å². The molecule has 1 aliphatic rings. The molecule has 1 aromatic rings. The standard InChI is InChI=1S/C16H25N/c1-6-14(12-7-8-12)15-9-13(16(3,4)5)10-17-11(15)2/h9-10,12,14H,6-8H2,1-5H3. The maximum Gasteiger partial charge on any atom is 0.0407 e. The average Bonchev–Trinajstić information content (AvgIpc) is 3.04. The highest BCUT2D eigenvalue weighted by Crippen LogP contribution is 2.45. The van der Waals surface area contributed by atoms with Crippen molar-refractivity contribution in [1.29, 1.82) is 0 Å². The molecule has 1 atom stereocenters. The summed E-state index contributed by atoms with van der Waals surface area (Å²) in [5.74, 6) is 1.67. The summed E-state index contributed by atoms with van der Waals surface area (Å²) in [6.07, 6.45) is 6.13. The summed E-state index contributed by atoms with van der Waals surface area (Å²) >= 11 is 0. The van der Waals surface area contributed by atoms with Gasteiger partial charge < -0.3 is 0 Å². The molecule has 1 nitrogen and oxygen atoms in total. The van der Waals surface area contributed by atoms with Crippen molar-refractivity contribution in [2.24, 2.45) is 5.92 Å². The molecule has 1 aliphatic carbocycles. The molecule has 0 N–H and O–H groups in total. The highest BCUT2D eigenvalue weighted by Gasteiger charge is 2.32. The lowest BCUT2D eigenvalue weighted by atomic mass is 9.83. The third-order valence-electron chi connectivity index (χ3n) is 4.02. The first kappa shape index (κ1) is 12.6. The van der Waals surface area contributed by atoms with Crippen LogP contribution in [0.3, 0.4) is 0 Å². The Hall–Kier alpha value is -0.850. The Bertz CT molecular complexity index is 396. The zero-order valence-electron chi connectivity index (χ0n) is 11.9. The summed E-state index contributed by atoms with van der Waals surface area (Å²) < 4.78 is 0. The van der Waals surface area contributed by atoms with E-state index in [1.54, 1.807) is 0 Å². The van der Waals surface area contributed by atoms with E-state index in [1.807, 2.05) is 0 Å². The van der Waals surface area contributed by atoms with Crippen LogP contribution in [-0.2, 0) is 5.41 Å². The van der Waals surface area contributed by atoms with Crippen molar-refractivity contribution >= 4 is 0 Å². The van der Waals surface area contributed by atoms with Crippen molar-refractivity contribution in [3.05, 3.63) is 29.1 Å². The van der Waals surface area contributed by atoms with E-state index in [0.717, 1.165) is 11.8 Å². The summed E-state index contributed by atoms with van der Waals surface area (Å²) in [4.78, 5) is 4.62. The van der Waals surface area contributed by atoms with Crippen LogP contribution in [0.5, 0.6) is 0 Å². The smallest absolute Gasteiger partial charge is 0.0407 e. The highest BCUT2D eigenvalue weighted by molar-refractivity contribution is 5.32. The molecule has 0 amide bonds. The second-order valence-corrected chi connectivity index (χ2v) is 6.50. The number of hydrogen-bond donors (Lipinski definition) is 0. The van der Waals surface area contributed by atoms with E-state index in [-0.39, 0.29) is 5.41 Å². The fraction of sp³-hybridized carbons (Fsp3) is 0.688. The summed E-state index contributed by atoms with van der Waals surface area (Å²) in [5, 5.41) is 0. The molecule has 0 bridgehead atoms. The van der Waals surface area contributed by atoms with Crippen LogP contribution in [-0.4, -0.2) is 4.98 Å². The first-order valence-electron chi connectivity index (χ1n) is 6.90. The van der Waals surface area contributed by atoms with Crippen molar-refractivity contribution < 1.29 is 0 Å². The fourth-order valence-electron chi connectivity index (χ4n) is 2.64. The second-order valence-electron chi connectivity index (χ2n) is 6.50. The summed E-state index contributed by atoms with van der Waals surface area (Å²) in [6, 6.07) is 2.41. The molecule has 0 spiro atoms. The molecule has 1 heterocycles. The average molecular weight is 231 g/mol. The Morgan fingerprint density at radius 3 is 2.47 bits per heavy atom. The van der Waals surface area contributed by atoms with Gasteiger partial charge in [-0.2, -0.15) is 0 Å². The summed E-state index contributed by atoms with van der Waals surface area (Å²) in [6.45, 7) is 11.3. The second kappa shape index (κ2) is 4.44. The van der Waals surface area contributed by atoms with E-state index < -0.39 is 0 Å². The van der Waals surface area contributed by atoms with E-state index in [4.69, 9.17) is 0 Å². The van der Waals surface area contributed by atoms with Crippen molar-refractivity contribution in [1.82, 2.24) is 4.98 Å². The number of hydrogen-bond acceptors (Lipinski definition) is 1. The van der Waals surface area contributed by atoms with Gasteiger partial charge in [-0.25, -0.2) is 0 Å². The minimum absolute atomic E-state index is 0.206. The van der Waals surface area contributed by atoms with E-state index in [1.165, 1.54) is 36.1 Å². The monoisotopic (exact) mass is 231 g/mol. The Balaban J connectivity index is 2.37. The third kappa shape index (κ3) is 2.70. The number of rotatable bonds is 3. The van der Waals surface area contributed by atoms with E-state index in [0.29, 0.717) is 0 Å². The molecular weight excluding hydrogens is 206 g/mol. The SMILES string of the molecule is CCC(c1cc(C(C)(C)C)cnc1C)C1CC1. The molecule has 0 saturated heterocycles. The molecule has 1 aromatic heterocycles. The fourth-order valence-corrected chi connectivity index (χ4v) is 2.64. The maximum absolute atomic E-state index is 4.62. The first-order chi connectivity index (χ1) is 7.93. The third-order valence-corrected chi connectivity index (χ3v) is 4.02. The minimum Gasteiger partial charge on any atom is -0.261 e. The lowest BCUT2D eigenvalue weighted by Crippen LogP contribution is -2.14. The molecule has 1 heteroatoms. The molecule has 1 fully saturated rings. The van der Waals surface area contributed by atoms with Gasteiger partial charge in [-0.05, 0) is 54.6 Å². The minimum atomic E-state index is 0.206. The zero-order valence-corrected chi connectivity index (χ0v) is 11.9. The zero-order chi connectivity index (χ0) is 12.6. The Labute approximate surface area is 106 Å². The lowest BCUT2D eigenvalue weighted by molar-refractivity contribution is 0.562. The van der Waals surface area contributed by atoms with Crippen LogP contribution in [0.1, 0.15) is 69.7 Å².